The molecule has 2 N–H and O–H groups in total. The Morgan fingerprint density at radius 3 is 3.11 bits per heavy atom. The fraction of sp³-hybridized carbons (Fsp3) is 0.714. The third kappa shape index (κ3) is 2.63. The molecule has 0 radical (unpaired) electrons. The van der Waals surface area contributed by atoms with Crippen molar-refractivity contribution < 1.29 is 4.74 Å². The van der Waals surface area contributed by atoms with Gasteiger partial charge < -0.3 is 10.5 Å². The van der Waals surface area contributed by atoms with Gasteiger partial charge in [-0.15, -0.1) is 0 Å². The molecule has 1 aliphatic carbocycles. The highest BCUT2D eigenvalue weighted by atomic mass is 16.5. The van der Waals surface area contributed by atoms with Crippen LogP contribution in [0.5, 0.6) is 0 Å². The van der Waals surface area contributed by atoms with Gasteiger partial charge in [-0.25, -0.2) is 9.97 Å². The van der Waals surface area contributed by atoms with Crippen LogP contribution in [-0.2, 0) is 4.74 Å². The molecule has 2 aliphatic rings. The minimum absolute atomic E-state index is 0.192. The number of morpholine rings is 1. The summed E-state index contributed by atoms with van der Waals surface area (Å²) in [4.78, 5) is 10.9. The van der Waals surface area contributed by atoms with Gasteiger partial charge in [-0.1, -0.05) is 12.8 Å². The average molecular weight is 262 g/mol. The first-order valence-electron chi connectivity index (χ1n) is 7.23. The van der Waals surface area contributed by atoms with Crippen LogP contribution < -0.4 is 5.73 Å². The lowest BCUT2D eigenvalue weighted by Crippen LogP contribution is -2.55. The first-order valence-corrected chi connectivity index (χ1v) is 7.23. The Labute approximate surface area is 114 Å². The predicted molar refractivity (Wildman–Crippen MR) is 72.5 cm³/mol. The van der Waals surface area contributed by atoms with Gasteiger partial charge >= 0.3 is 0 Å². The zero-order valence-corrected chi connectivity index (χ0v) is 11.2. The van der Waals surface area contributed by atoms with Crippen LogP contribution in [0, 0.1) is 0 Å². The van der Waals surface area contributed by atoms with Crippen LogP contribution in [0.2, 0.25) is 0 Å². The first kappa shape index (κ1) is 13.0. The van der Waals surface area contributed by atoms with Crippen LogP contribution in [0.3, 0.4) is 0 Å². The normalized spacial score (nSPS) is 29.7. The number of hydrogen-bond acceptors (Lipinski definition) is 5. The molecule has 104 valence electrons. The summed E-state index contributed by atoms with van der Waals surface area (Å²) in [5.41, 5.74) is 7.05. The molecule has 2 fully saturated rings. The van der Waals surface area contributed by atoms with Gasteiger partial charge in [0.15, 0.2) is 0 Å². The Morgan fingerprint density at radius 2 is 2.32 bits per heavy atom. The van der Waals surface area contributed by atoms with E-state index >= 15 is 0 Å². The molecule has 5 nitrogen and oxygen atoms in total. The predicted octanol–water partition coefficient (Wildman–Crippen LogP) is 1.12. The largest absolute Gasteiger partial charge is 0.375 e. The molecule has 3 atom stereocenters. The summed E-state index contributed by atoms with van der Waals surface area (Å²) in [6.45, 7) is 2.36. The molecule has 0 bridgehead atoms. The van der Waals surface area contributed by atoms with Crippen LogP contribution in [0.4, 0.5) is 0 Å². The topological polar surface area (TPSA) is 64.3 Å². The molecule has 0 aromatic carbocycles. The molecule has 1 aromatic heterocycles. The lowest BCUT2D eigenvalue weighted by atomic mass is 9.89. The van der Waals surface area contributed by atoms with E-state index in [2.05, 4.69) is 14.9 Å². The molecule has 1 saturated carbocycles. The van der Waals surface area contributed by atoms with Crippen molar-refractivity contribution in [3.05, 3.63) is 24.3 Å². The van der Waals surface area contributed by atoms with Crippen molar-refractivity contribution >= 4 is 0 Å². The van der Waals surface area contributed by atoms with Crippen molar-refractivity contribution in [2.45, 2.75) is 43.9 Å². The van der Waals surface area contributed by atoms with E-state index in [-0.39, 0.29) is 6.04 Å². The quantitative estimate of drug-likeness (QED) is 0.884. The molecule has 3 rings (SSSR count). The number of aromatic nitrogens is 2. The molecule has 3 unspecified atom stereocenters. The minimum Gasteiger partial charge on any atom is -0.375 e. The van der Waals surface area contributed by atoms with Gasteiger partial charge in [-0.2, -0.15) is 0 Å². The highest BCUT2D eigenvalue weighted by Crippen LogP contribution is 2.33. The Balaban J connectivity index is 1.81. The van der Waals surface area contributed by atoms with E-state index in [1.807, 2.05) is 6.07 Å². The highest BCUT2D eigenvalue weighted by Gasteiger charge is 2.37. The number of fused-ring (bicyclic) bond motifs is 1. The van der Waals surface area contributed by atoms with Crippen LogP contribution in [0.15, 0.2) is 18.6 Å². The summed E-state index contributed by atoms with van der Waals surface area (Å²) in [5, 5.41) is 0. The van der Waals surface area contributed by atoms with Crippen molar-refractivity contribution in [1.82, 2.24) is 14.9 Å². The summed E-state index contributed by atoms with van der Waals surface area (Å²) in [6, 6.07) is 2.67. The minimum atomic E-state index is 0.192. The lowest BCUT2D eigenvalue weighted by Gasteiger charge is -2.46. The number of ether oxygens (including phenoxy) is 1. The molecule has 0 spiro atoms. The van der Waals surface area contributed by atoms with E-state index in [1.165, 1.54) is 25.7 Å². The molecule has 0 amide bonds. The summed E-state index contributed by atoms with van der Waals surface area (Å²) in [5.74, 6) is 0. The summed E-state index contributed by atoms with van der Waals surface area (Å²) in [7, 11) is 0. The number of nitrogens with zero attached hydrogens (tertiary/aromatic N) is 3. The second-order valence-electron chi connectivity index (χ2n) is 5.38. The second kappa shape index (κ2) is 5.94. The highest BCUT2D eigenvalue weighted by molar-refractivity contribution is 5.08. The molecular weight excluding hydrogens is 240 g/mol. The SMILES string of the molecule is NCC(c1ccncn1)N1CCOC2CCCCC21. The van der Waals surface area contributed by atoms with Gasteiger partial charge in [0.2, 0.25) is 0 Å². The van der Waals surface area contributed by atoms with Gasteiger partial charge in [0.05, 0.1) is 24.4 Å². The summed E-state index contributed by atoms with van der Waals surface area (Å²) in [6.07, 6.45) is 8.77. The van der Waals surface area contributed by atoms with Crippen LogP contribution in [0.1, 0.15) is 37.4 Å². The molecule has 5 heteroatoms. The first-order chi connectivity index (χ1) is 9.40. The lowest BCUT2D eigenvalue weighted by molar-refractivity contribution is -0.102. The van der Waals surface area contributed by atoms with Crippen molar-refractivity contribution in [1.29, 1.82) is 0 Å². The maximum absolute atomic E-state index is 6.01. The number of hydrogen-bond donors (Lipinski definition) is 1. The van der Waals surface area contributed by atoms with Crippen molar-refractivity contribution in [2.75, 3.05) is 19.7 Å². The zero-order chi connectivity index (χ0) is 13.1. The maximum atomic E-state index is 6.01. The van der Waals surface area contributed by atoms with Crippen molar-refractivity contribution in [2.24, 2.45) is 5.73 Å². The molecule has 1 saturated heterocycles. The fourth-order valence-corrected chi connectivity index (χ4v) is 3.44. The Hall–Kier alpha value is -1.04. The van der Waals surface area contributed by atoms with Gasteiger partial charge in [0, 0.05) is 25.3 Å². The van der Waals surface area contributed by atoms with E-state index < -0.39 is 0 Å². The number of nitrogens with two attached hydrogens (primary N) is 1. The summed E-state index contributed by atoms with van der Waals surface area (Å²) < 4.78 is 5.93. The Kier molecular flexibility index (Phi) is 4.06. The molecule has 2 heterocycles. The smallest absolute Gasteiger partial charge is 0.115 e. The number of rotatable bonds is 3. The van der Waals surface area contributed by atoms with E-state index in [9.17, 15) is 0 Å². The van der Waals surface area contributed by atoms with E-state index in [1.54, 1.807) is 12.5 Å². The molecular formula is C14H22N4O. The zero-order valence-electron chi connectivity index (χ0n) is 11.2. The monoisotopic (exact) mass is 262 g/mol. The fourth-order valence-electron chi connectivity index (χ4n) is 3.44. The van der Waals surface area contributed by atoms with Crippen molar-refractivity contribution in [3.8, 4) is 0 Å². The Morgan fingerprint density at radius 1 is 1.42 bits per heavy atom. The van der Waals surface area contributed by atoms with Gasteiger partial charge in [0.1, 0.15) is 6.33 Å². The molecule has 1 aliphatic heterocycles. The van der Waals surface area contributed by atoms with Gasteiger partial charge in [-0.05, 0) is 18.9 Å². The van der Waals surface area contributed by atoms with Crippen LogP contribution in [-0.4, -0.2) is 46.7 Å². The average Bonchev–Trinajstić information content (AvgIpc) is 2.49. The van der Waals surface area contributed by atoms with Gasteiger partial charge in [-0.3, -0.25) is 4.90 Å². The van der Waals surface area contributed by atoms with E-state index in [0.29, 0.717) is 18.7 Å². The Bertz CT molecular complexity index is 398. The van der Waals surface area contributed by atoms with Gasteiger partial charge in [0.25, 0.3) is 0 Å². The van der Waals surface area contributed by atoms with Crippen LogP contribution in [0.25, 0.3) is 0 Å². The van der Waals surface area contributed by atoms with E-state index in [0.717, 1.165) is 18.8 Å². The van der Waals surface area contributed by atoms with Crippen LogP contribution >= 0.6 is 0 Å². The standard InChI is InChI=1S/C14H22N4O/c15-9-13(11-5-6-16-10-17-11)18-7-8-19-14-4-2-1-3-12(14)18/h5-6,10,12-14H,1-4,7-9,15H2. The van der Waals surface area contributed by atoms with Crippen molar-refractivity contribution in [3.63, 3.8) is 0 Å². The maximum Gasteiger partial charge on any atom is 0.115 e. The third-order valence-electron chi connectivity index (χ3n) is 4.34. The second-order valence-corrected chi connectivity index (χ2v) is 5.38. The molecule has 1 aromatic rings. The summed E-state index contributed by atoms with van der Waals surface area (Å²) >= 11 is 0. The van der Waals surface area contributed by atoms with E-state index in [4.69, 9.17) is 10.5 Å². The third-order valence-corrected chi connectivity index (χ3v) is 4.34. The molecule has 19 heavy (non-hydrogen) atoms.